The van der Waals surface area contributed by atoms with Gasteiger partial charge in [-0.2, -0.15) is 9.97 Å². The van der Waals surface area contributed by atoms with Crippen LogP contribution in [0.5, 0.6) is 34.5 Å². The fourth-order valence-corrected chi connectivity index (χ4v) is 9.24. The molecule has 488 valence electrons. The number of alkyl carbamates (subject to hydrolysis) is 2. The van der Waals surface area contributed by atoms with Crippen molar-refractivity contribution in [3.8, 4) is 34.5 Å². The Morgan fingerprint density at radius 1 is 0.580 bits per heavy atom. The molecule has 0 spiro atoms. The molecule has 0 unspecified atom stereocenters. The number of rotatable bonds is 15. The first kappa shape index (κ1) is 73.3. The van der Waals surface area contributed by atoms with Gasteiger partial charge in [0.25, 0.3) is 0 Å². The number of hydrogen-bond donors (Lipinski definition) is 6. The van der Waals surface area contributed by atoms with E-state index in [1.54, 1.807) is 59.8 Å². The van der Waals surface area contributed by atoms with Gasteiger partial charge in [-0.3, -0.25) is 0 Å². The van der Waals surface area contributed by atoms with Crippen molar-refractivity contribution in [2.24, 2.45) is 23.5 Å². The van der Waals surface area contributed by atoms with Crippen molar-refractivity contribution in [3.05, 3.63) is 76.0 Å². The predicted molar refractivity (Wildman–Crippen MR) is 334 cm³/mol. The standard InChI is InChI=1S/C19H26FN5O3.C15H22ClFN4O2.C11H22N2O2.C9H13NO3.C4HCl2FN2/c1-26-15-8-13(9-16(27-2)17(15)28-3)23-19-22-11-14(20)18(24-19)25-6-4-12(10-21)5-7-25;1-15(2,3)23-14(22)19-8-10-4-6-21(7-5-10)12-11(17)9-18-13(16)20-12;1-11(2,3)15-10(14)13-8-9-4-6-12-7-5-9;1-11-7-4-6(10)5-8(12-2)9(7)13-3;5-3-2(7)1-8-4(6)9-3/h8-9,11-12H,4-7,10,21H2,1-3H3,(H,22,23,24);9-10H,4-8H2,1-3H3,(H,19,22);9,12H,4-8H2,1-3H3,(H,13,14);4-5H,10H2,1-3H3;1H. The monoisotopic (exact) mass is 1300 g/mol. The van der Waals surface area contributed by atoms with Crippen LogP contribution < -0.4 is 71.0 Å². The van der Waals surface area contributed by atoms with Crippen LogP contribution in [0.3, 0.4) is 0 Å². The van der Waals surface area contributed by atoms with Crippen molar-refractivity contribution >= 4 is 75.9 Å². The number of amides is 2. The van der Waals surface area contributed by atoms with Crippen molar-refractivity contribution in [3.63, 3.8) is 0 Å². The summed E-state index contributed by atoms with van der Waals surface area (Å²) in [4.78, 5) is 49.4. The van der Waals surface area contributed by atoms with E-state index in [-0.39, 0.29) is 33.6 Å². The van der Waals surface area contributed by atoms with Crippen LogP contribution in [-0.4, -0.2) is 155 Å². The highest BCUT2D eigenvalue weighted by molar-refractivity contribution is 6.31. The van der Waals surface area contributed by atoms with Crippen molar-refractivity contribution in [1.29, 1.82) is 0 Å². The smallest absolute Gasteiger partial charge is 0.407 e. The molecule has 30 heteroatoms. The lowest BCUT2D eigenvalue weighted by atomic mass is 9.97. The summed E-state index contributed by atoms with van der Waals surface area (Å²) in [5, 5.41) is 11.7. The van der Waals surface area contributed by atoms with Crippen molar-refractivity contribution < 1.29 is 60.7 Å². The summed E-state index contributed by atoms with van der Waals surface area (Å²) in [6, 6.07) is 6.84. The molecular weight excluding hydrogens is 1220 g/mol. The number of carbonyl (C=O) groups is 2. The van der Waals surface area contributed by atoms with Crippen molar-refractivity contribution in [2.75, 3.05) is 122 Å². The molecule has 0 atom stereocenters. The van der Waals surface area contributed by atoms with Crippen LogP contribution in [0.25, 0.3) is 0 Å². The van der Waals surface area contributed by atoms with Gasteiger partial charge >= 0.3 is 12.2 Å². The molecule has 8 rings (SSSR count). The number of methoxy groups -OCH3 is 6. The van der Waals surface area contributed by atoms with Crippen LogP contribution in [0.2, 0.25) is 15.7 Å². The van der Waals surface area contributed by atoms with Gasteiger partial charge in [-0.1, -0.05) is 11.6 Å². The largest absolute Gasteiger partial charge is 0.493 e. The molecule has 0 saturated carbocycles. The summed E-state index contributed by atoms with van der Waals surface area (Å²) in [5.74, 6) is 3.82. The van der Waals surface area contributed by atoms with Crippen LogP contribution in [0.15, 0.2) is 42.9 Å². The lowest BCUT2D eigenvalue weighted by Gasteiger charge is -2.33. The molecule has 0 radical (unpaired) electrons. The topological polar surface area (TPSA) is 292 Å². The molecule has 3 aliphatic rings. The number of carbonyl (C=O) groups excluding carboxylic acids is 2. The van der Waals surface area contributed by atoms with Crippen LogP contribution in [-0.2, 0) is 9.47 Å². The van der Waals surface area contributed by atoms with Gasteiger partial charge in [0.15, 0.2) is 57.2 Å². The van der Waals surface area contributed by atoms with Gasteiger partial charge in [0, 0.05) is 74.9 Å². The number of nitrogens with one attached hydrogen (secondary N) is 4. The molecule has 0 bridgehead atoms. The fourth-order valence-electron chi connectivity index (χ4n) is 8.81. The molecule has 2 amide bonds. The van der Waals surface area contributed by atoms with Gasteiger partial charge in [0.2, 0.25) is 28.0 Å². The maximum absolute atomic E-state index is 14.3. The third-order valence-electron chi connectivity index (χ3n) is 13.2. The summed E-state index contributed by atoms with van der Waals surface area (Å²) in [6.45, 7) is 17.9. The van der Waals surface area contributed by atoms with Gasteiger partial charge in [0.1, 0.15) is 11.2 Å². The zero-order valence-electron chi connectivity index (χ0n) is 52.0. The average Bonchev–Trinajstić information content (AvgIpc) is 1.50. The molecule has 3 fully saturated rings. The number of ether oxygens (including phenoxy) is 8. The Hall–Kier alpha value is -7.20. The Balaban J connectivity index is 0.000000248. The quantitative estimate of drug-likeness (QED) is 0.0323. The molecule has 24 nitrogen and oxygen atoms in total. The Morgan fingerprint density at radius 2 is 0.977 bits per heavy atom. The lowest BCUT2D eigenvalue weighted by Crippen LogP contribution is -2.40. The van der Waals surface area contributed by atoms with Crippen LogP contribution in [0.1, 0.15) is 80.1 Å². The van der Waals surface area contributed by atoms with E-state index in [1.807, 2.05) is 51.3 Å². The number of benzene rings is 2. The Morgan fingerprint density at radius 3 is 1.39 bits per heavy atom. The average molecular weight is 1300 g/mol. The number of nitrogens with zero attached hydrogens (tertiary/aromatic N) is 8. The minimum absolute atomic E-state index is 0.0371. The fraction of sp³-hybridized carbons (Fsp3) is 0.552. The zero-order chi connectivity index (χ0) is 65.1. The maximum atomic E-state index is 14.3. The SMILES string of the molecule is CC(C)(C)OC(=O)NCC1CCN(c2nc(Cl)ncc2F)CC1.CC(C)(C)OC(=O)NCC1CCNCC1.COc1cc(N)cc(OC)c1OC.COc1cc(Nc2ncc(F)c(N3CCC(CN)CC3)n2)cc(OC)c1OC.Fc1cnc(Cl)nc1Cl. The number of anilines is 5. The van der Waals surface area contributed by atoms with E-state index < -0.39 is 34.7 Å². The Labute approximate surface area is 527 Å². The van der Waals surface area contributed by atoms with Crippen LogP contribution in [0.4, 0.5) is 51.7 Å². The normalized spacial score (nSPS) is 14.5. The van der Waals surface area contributed by atoms with Gasteiger partial charge in [0.05, 0.1) is 61.2 Å². The minimum Gasteiger partial charge on any atom is -0.493 e. The van der Waals surface area contributed by atoms with Gasteiger partial charge < -0.3 is 80.4 Å². The summed E-state index contributed by atoms with van der Waals surface area (Å²) in [5.41, 5.74) is 11.7. The number of piperidine rings is 3. The first-order chi connectivity index (χ1) is 41.7. The highest BCUT2D eigenvalue weighted by Crippen LogP contribution is 2.41. The van der Waals surface area contributed by atoms with E-state index in [9.17, 15) is 22.8 Å². The van der Waals surface area contributed by atoms with Gasteiger partial charge in [-0.25, -0.2) is 42.7 Å². The van der Waals surface area contributed by atoms with Gasteiger partial charge in [-0.15, -0.1) is 0 Å². The van der Waals surface area contributed by atoms with E-state index in [1.165, 1.54) is 13.3 Å². The molecule has 5 aromatic rings. The summed E-state index contributed by atoms with van der Waals surface area (Å²) in [6.07, 6.45) is 8.25. The number of aromatic nitrogens is 6. The molecule has 3 aromatic heterocycles. The van der Waals surface area contributed by atoms with E-state index in [4.69, 9.17) is 84.2 Å². The second-order valence-corrected chi connectivity index (χ2v) is 23.0. The van der Waals surface area contributed by atoms with E-state index >= 15 is 0 Å². The summed E-state index contributed by atoms with van der Waals surface area (Å²) < 4.78 is 81.9. The number of nitrogens with two attached hydrogens (primary N) is 2. The number of hydrogen-bond acceptors (Lipinski definition) is 22. The second-order valence-electron chi connectivity index (χ2n) is 22.0. The second kappa shape index (κ2) is 36.3. The molecule has 3 aliphatic heterocycles. The Bertz CT molecular complexity index is 2920. The summed E-state index contributed by atoms with van der Waals surface area (Å²) in [7, 11) is 9.28. The molecule has 2 aromatic carbocycles. The Kier molecular flexibility index (Phi) is 30.2. The van der Waals surface area contributed by atoms with Crippen molar-refractivity contribution in [1.82, 2.24) is 45.9 Å². The first-order valence-corrected chi connectivity index (χ1v) is 29.4. The molecule has 8 N–H and O–H groups in total. The molecular formula is C58H84Cl3F3N14O10. The lowest BCUT2D eigenvalue weighted by molar-refractivity contribution is 0.0505. The van der Waals surface area contributed by atoms with E-state index in [2.05, 4.69) is 51.2 Å². The van der Waals surface area contributed by atoms with Crippen LogP contribution >= 0.6 is 34.8 Å². The van der Waals surface area contributed by atoms with Crippen molar-refractivity contribution in [2.45, 2.75) is 91.3 Å². The van der Waals surface area contributed by atoms with Gasteiger partial charge in [-0.05, 0) is 141 Å². The predicted octanol–water partition coefficient (Wildman–Crippen LogP) is 10.3. The molecule has 3 saturated heterocycles. The number of halogens is 6. The first-order valence-electron chi connectivity index (χ1n) is 28.2. The third kappa shape index (κ3) is 25.1. The number of nitrogen functional groups attached to an aromatic ring is 1. The highest BCUT2D eigenvalue weighted by atomic mass is 35.5. The molecule has 0 aliphatic carbocycles. The minimum atomic E-state index is -0.666. The molecule has 88 heavy (non-hydrogen) atoms. The highest BCUT2D eigenvalue weighted by Gasteiger charge is 2.26. The third-order valence-corrected chi connectivity index (χ3v) is 13.8. The zero-order valence-corrected chi connectivity index (χ0v) is 54.2. The van der Waals surface area contributed by atoms with E-state index in [0.717, 1.165) is 83.6 Å². The summed E-state index contributed by atoms with van der Waals surface area (Å²) >= 11 is 16.2. The van der Waals surface area contributed by atoms with Crippen LogP contribution in [0, 0.1) is 35.2 Å². The van der Waals surface area contributed by atoms with E-state index in [0.29, 0.717) is 95.6 Å². The maximum Gasteiger partial charge on any atom is 0.407 e. The molecule has 6 heterocycles.